The molecule has 2 aromatic heterocycles. The highest BCUT2D eigenvalue weighted by molar-refractivity contribution is 5.92. The number of aromatic nitrogens is 3. The third-order valence-electron chi connectivity index (χ3n) is 4.74. The molecule has 2 aliphatic heterocycles. The number of anilines is 2. The fourth-order valence-corrected chi connectivity index (χ4v) is 3.49. The van der Waals surface area contributed by atoms with E-state index in [1.165, 1.54) is 11.1 Å². The summed E-state index contributed by atoms with van der Waals surface area (Å²) in [6.07, 6.45) is 2.01. The number of rotatable bonds is 3. The van der Waals surface area contributed by atoms with Gasteiger partial charge in [0, 0.05) is 31.6 Å². The molecule has 2 aliphatic rings. The Balaban J connectivity index is 1.77. The quantitative estimate of drug-likeness (QED) is 0.887. The number of likely N-dealkylation sites (tertiary alicyclic amines) is 1. The van der Waals surface area contributed by atoms with E-state index in [-0.39, 0.29) is 0 Å². The SMILES string of the molecule is CNc1nc(N[C@@H]2CCN(C)C2)nc2nc3c(c(C)c12)CCO3. The molecule has 0 bridgehead atoms. The second kappa shape index (κ2) is 5.49. The molecule has 7 nitrogen and oxygen atoms in total. The molecule has 0 aliphatic carbocycles. The first kappa shape index (κ1) is 14.4. The van der Waals surface area contributed by atoms with Gasteiger partial charge in [0.15, 0.2) is 5.65 Å². The number of nitrogens with zero attached hydrogens (tertiary/aromatic N) is 4. The summed E-state index contributed by atoms with van der Waals surface area (Å²) in [7, 11) is 4.02. The lowest BCUT2D eigenvalue weighted by molar-refractivity contribution is 0.345. The first-order chi connectivity index (χ1) is 11.2. The van der Waals surface area contributed by atoms with Crippen molar-refractivity contribution in [2.45, 2.75) is 25.8 Å². The molecule has 1 atom stereocenters. The Morgan fingerprint density at radius 3 is 2.87 bits per heavy atom. The van der Waals surface area contributed by atoms with Crippen molar-refractivity contribution in [3.63, 3.8) is 0 Å². The molecule has 0 spiro atoms. The van der Waals surface area contributed by atoms with Crippen molar-refractivity contribution in [1.82, 2.24) is 19.9 Å². The average molecular weight is 314 g/mol. The van der Waals surface area contributed by atoms with E-state index >= 15 is 0 Å². The minimum atomic E-state index is 0.383. The van der Waals surface area contributed by atoms with Crippen molar-refractivity contribution in [3.8, 4) is 5.88 Å². The number of fused-ring (bicyclic) bond motifs is 2. The number of aryl methyl sites for hydroxylation is 1. The molecule has 0 saturated carbocycles. The Bertz CT molecular complexity index is 762. The van der Waals surface area contributed by atoms with Crippen LogP contribution in [0.4, 0.5) is 11.8 Å². The summed E-state index contributed by atoms with van der Waals surface area (Å²) in [5, 5.41) is 7.63. The number of pyridine rings is 1. The highest BCUT2D eigenvalue weighted by Crippen LogP contribution is 2.34. The number of hydrogen-bond donors (Lipinski definition) is 2. The van der Waals surface area contributed by atoms with Gasteiger partial charge in [0.05, 0.1) is 12.0 Å². The highest BCUT2D eigenvalue weighted by atomic mass is 16.5. The summed E-state index contributed by atoms with van der Waals surface area (Å²) in [6, 6.07) is 0.383. The first-order valence-corrected chi connectivity index (χ1v) is 8.12. The van der Waals surface area contributed by atoms with Crippen LogP contribution in [0.3, 0.4) is 0 Å². The van der Waals surface area contributed by atoms with Gasteiger partial charge in [-0.25, -0.2) is 0 Å². The second-order valence-corrected chi connectivity index (χ2v) is 6.36. The predicted octanol–water partition coefficient (Wildman–Crippen LogP) is 1.43. The largest absolute Gasteiger partial charge is 0.477 e. The van der Waals surface area contributed by atoms with Crippen LogP contribution in [0, 0.1) is 6.92 Å². The van der Waals surface area contributed by atoms with Gasteiger partial charge in [-0.1, -0.05) is 0 Å². The van der Waals surface area contributed by atoms with Gasteiger partial charge in [0.2, 0.25) is 11.8 Å². The molecule has 2 aromatic rings. The zero-order chi connectivity index (χ0) is 16.0. The number of hydrogen-bond acceptors (Lipinski definition) is 7. The van der Waals surface area contributed by atoms with Crippen LogP contribution >= 0.6 is 0 Å². The highest BCUT2D eigenvalue weighted by Gasteiger charge is 2.24. The predicted molar refractivity (Wildman–Crippen MR) is 90.3 cm³/mol. The molecule has 4 rings (SSSR count). The molecule has 1 saturated heterocycles. The number of likely N-dealkylation sites (N-methyl/N-ethyl adjacent to an activating group) is 1. The topological polar surface area (TPSA) is 75.2 Å². The van der Waals surface area contributed by atoms with Gasteiger partial charge in [-0.05, 0) is 32.5 Å². The lowest BCUT2D eigenvalue weighted by atomic mass is 10.1. The Hall–Kier alpha value is -2.15. The van der Waals surface area contributed by atoms with E-state index in [1.807, 2.05) is 7.05 Å². The Labute approximate surface area is 135 Å². The molecule has 2 N–H and O–H groups in total. The third kappa shape index (κ3) is 2.45. The van der Waals surface area contributed by atoms with Crippen molar-refractivity contribution in [2.24, 2.45) is 0 Å². The van der Waals surface area contributed by atoms with Crippen molar-refractivity contribution in [3.05, 3.63) is 11.1 Å². The minimum Gasteiger partial charge on any atom is -0.477 e. The van der Waals surface area contributed by atoms with Gasteiger partial charge < -0.3 is 20.3 Å². The van der Waals surface area contributed by atoms with E-state index in [1.54, 1.807) is 0 Å². The van der Waals surface area contributed by atoms with Gasteiger partial charge in [-0.2, -0.15) is 15.0 Å². The van der Waals surface area contributed by atoms with Gasteiger partial charge in [-0.3, -0.25) is 0 Å². The molecule has 0 radical (unpaired) electrons. The van der Waals surface area contributed by atoms with Crippen LogP contribution in [0.2, 0.25) is 0 Å². The summed E-state index contributed by atoms with van der Waals surface area (Å²) in [5.74, 6) is 2.18. The Morgan fingerprint density at radius 1 is 1.26 bits per heavy atom. The van der Waals surface area contributed by atoms with Crippen LogP contribution in [0.1, 0.15) is 17.5 Å². The summed E-state index contributed by atoms with van der Waals surface area (Å²) in [4.78, 5) is 16.2. The van der Waals surface area contributed by atoms with Crippen LogP contribution in [-0.4, -0.2) is 59.7 Å². The zero-order valence-corrected chi connectivity index (χ0v) is 13.8. The molecule has 7 heteroatoms. The minimum absolute atomic E-state index is 0.383. The lowest BCUT2D eigenvalue weighted by Crippen LogP contribution is -2.24. The molecule has 0 unspecified atom stereocenters. The smallest absolute Gasteiger partial charge is 0.226 e. The molecular weight excluding hydrogens is 292 g/mol. The van der Waals surface area contributed by atoms with Crippen LogP contribution in [-0.2, 0) is 6.42 Å². The van der Waals surface area contributed by atoms with Crippen LogP contribution in [0.25, 0.3) is 11.0 Å². The molecule has 4 heterocycles. The van der Waals surface area contributed by atoms with Gasteiger partial charge >= 0.3 is 0 Å². The molecule has 122 valence electrons. The monoisotopic (exact) mass is 314 g/mol. The maximum atomic E-state index is 5.63. The maximum Gasteiger partial charge on any atom is 0.226 e. The summed E-state index contributed by atoms with van der Waals surface area (Å²) >= 11 is 0. The molecule has 23 heavy (non-hydrogen) atoms. The third-order valence-corrected chi connectivity index (χ3v) is 4.74. The number of nitrogens with one attached hydrogen (secondary N) is 2. The maximum absolute atomic E-state index is 5.63. The second-order valence-electron chi connectivity index (χ2n) is 6.36. The van der Waals surface area contributed by atoms with E-state index in [0.29, 0.717) is 24.2 Å². The molecule has 0 amide bonds. The van der Waals surface area contributed by atoms with E-state index in [4.69, 9.17) is 4.74 Å². The van der Waals surface area contributed by atoms with E-state index in [2.05, 4.69) is 44.5 Å². The molecule has 0 aromatic carbocycles. The average Bonchev–Trinajstić information content (AvgIpc) is 3.15. The van der Waals surface area contributed by atoms with Gasteiger partial charge in [-0.15, -0.1) is 0 Å². The lowest BCUT2D eigenvalue weighted by Gasteiger charge is -2.16. The molecule has 1 fully saturated rings. The molecular formula is C16H22N6O. The van der Waals surface area contributed by atoms with E-state index in [0.717, 1.165) is 43.0 Å². The van der Waals surface area contributed by atoms with Crippen LogP contribution in [0.15, 0.2) is 0 Å². The van der Waals surface area contributed by atoms with Crippen molar-refractivity contribution < 1.29 is 4.74 Å². The van der Waals surface area contributed by atoms with E-state index < -0.39 is 0 Å². The van der Waals surface area contributed by atoms with E-state index in [9.17, 15) is 0 Å². The van der Waals surface area contributed by atoms with Crippen molar-refractivity contribution in [2.75, 3.05) is 44.4 Å². The fraction of sp³-hybridized carbons (Fsp3) is 0.562. The summed E-state index contributed by atoms with van der Waals surface area (Å²) in [6.45, 7) is 4.90. The van der Waals surface area contributed by atoms with Gasteiger partial charge in [0.25, 0.3) is 0 Å². The fourth-order valence-electron chi connectivity index (χ4n) is 3.49. The normalized spacial score (nSPS) is 20.6. The van der Waals surface area contributed by atoms with Gasteiger partial charge in [0.1, 0.15) is 5.82 Å². The summed E-state index contributed by atoms with van der Waals surface area (Å²) < 4.78 is 5.63. The van der Waals surface area contributed by atoms with Crippen molar-refractivity contribution in [1.29, 1.82) is 0 Å². The zero-order valence-electron chi connectivity index (χ0n) is 13.8. The Kier molecular flexibility index (Phi) is 3.45. The van der Waals surface area contributed by atoms with Crippen molar-refractivity contribution >= 4 is 22.8 Å². The summed E-state index contributed by atoms with van der Waals surface area (Å²) in [5.41, 5.74) is 3.03. The first-order valence-electron chi connectivity index (χ1n) is 8.12. The number of ether oxygens (including phenoxy) is 1. The standard InChI is InChI=1S/C16H22N6O/c1-9-11-5-7-23-15(11)19-14-12(9)13(17-2)20-16(21-14)18-10-4-6-22(3)8-10/h10H,4-8H2,1-3H3,(H2,17,18,19,20,21)/t10-/m1/s1. The van der Waals surface area contributed by atoms with Crippen LogP contribution in [0.5, 0.6) is 5.88 Å². The van der Waals surface area contributed by atoms with Crippen LogP contribution < -0.4 is 15.4 Å². The Morgan fingerprint density at radius 2 is 2.13 bits per heavy atom.